The van der Waals surface area contributed by atoms with Gasteiger partial charge in [0, 0.05) is 23.6 Å². The highest BCUT2D eigenvalue weighted by molar-refractivity contribution is 9.10. The van der Waals surface area contributed by atoms with Gasteiger partial charge in [0.25, 0.3) is 5.95 Å². The molecule has 1 amide bonds. The minimum absolute atomic E-state index is 0.123. The first-order valence-corrected chi connectivity index (χ1v) is 9.02. The van der Waals surface area contributed by atoms with E-state index < -0.39 is 0 Å². The molecule has 0 spiro atoms. The number of nitrogens with one attached hydrogen (secondary N) is 2. The molecule has 7 nitrogen and oxygen atoms in total. The quantitative estimate of drug-likeness (QED) is 0.830. The summed E-state index contributed by atoms with van der Waals surface area (Å²) in [4.78, 5) is 14.9. The average molecular weight is 391 g/mol. The molecule has 24 heavy (non-hydrogen) atoms. The molecule has 2 heterocycles. The zero-order valence-electron chi connectivity index (χ0n) is 13.2. The van der Waals surface area contributed by atoms with Crippen LogP contribution in [0.2, 0.25) is 0 Å². The van der Waals surface area contributed by atoms with Gasteiger partial charge in [0.1, 0.15) is 0 Å². The highest BCUT2D eigenvalue weighted by Crippen LogP contribution is 2.48. The van der Waals surface area contributed by atoms with Crippen molar-refractivity contribution >= 4 is 27.8 Å². The van der Waals surface area contributed by atoms with Gasteiger partial charge in [-0.05, 0) is 48.6 Å². The predicted octanol–water partition coefficient (Wildman–Crippen LogP) is 1.78. The van der Waals surface area contributed by atoms with E-state index in [9.17, 15) is 4.79 Å². The number of hydrogen-bond donors (Lipinski definition) is 2. The van der Waals surface area contributed by atoms with E-state index in [0.717, 1.165) is 48.8 Å². The van der Waals surface area contributed by atoms with Gasteiger partial charge in [0.05, 0.1) is 5.41 Å². The zero-order chi connectivity index (χ0) is 16.6. The highest BCUT2D eigenvalue weighted by Gasteiger charge is 2.51. The number of anilines is 1. The number of halogens is 1. The van der Waals surface area contributed by atoms with Gasteiger partial charge in [-0.1, -0.05) is 33.2 Å². The second-order valence-electron chi connectivity index (χ2n) is 6.56. The Morgan fingerprint density at radius 3 is 2.79 bits per heavy atom. The predicted molar refractivity (Wildman–Crippen MR) is 92.6 cm³/mol. The molecule has 0 unspecified atom stereocenters. The first-order chi connectivity index (χ1) is 11.7. The van der Waals surface area contributed by atoms with Crippen molar-refractivity contribution in [3.63, 3.8) is 0 Å². The van der Waals surface area contributed by atoms with Gasteiger partial charge in [-0.15, -0.1) is 5.10 Å². The Kier molecular flexibility index (Phi) is 3.99. The van der Waals surface area contributed by atoms with Crippen LogP contribution in [0, 0.1) is 0 Å². The fourth-order valence-corrected chi connectivity index (χ4v) is 3.70. The Morgan fingerprint density at radius 2 is 2.12 bits per heavy atom. The fourth-order valence-electron chi connectivity index (χ4n) is 3.43. The van der Waals surface area contributed by atoms with Gasteiger partial charge in [0.2, 0.25) is 5.91 Å². The van der Waals surface area contributed by atoms with Crippen LogP contribution in [-0.4, -0.2) is 45.7 Å². The Labute approximate surface area is 148 Å². The van der Waals surface area contributed by atoms with Crippen LogP contribution >= 0.6 is 15.9 Å². The van der Waals surface area contributed by atoms with E-state index in [1.165, 1.54) is 0 Å². The number of hydrogen-bond acceptors (Lipinski definition) is 5. The number of aromatic nitrogens is 4. The van der Waals surface area contributed by atoms with Crippen LogP contribution in [0.1, 0.15) is 31.2 Å². The first kappa shape index (κ1) is 15.6. The summed E-state index contributed by atoms with van der Waals surface area (Å²) in [6.45, 7) is 1.62. The maximum atomic E-state index is 12.9. The second-order valence-corrected chi connectivity index (χ2v) is 7.48. The summed E-state index contributed by atoms with van der Waals surface area (Å²) in [5.74, 6) is 0.743. The van der Waals surface area contributed by atoms with Crippen molar-refractivity contribution in [1.82, 2.24) is 25.9 Å². The molecule has 8 heteroatoms. The van der Waals surface area contributed by atoms with Crippen molar-refractivity contribution in [3.8, 4) is 0 Å². The number of tetrazole rings is 1. The SMILES string of the molecule is O=C(N[C@@H]1CCCN(c2nn[nH]n2)C1)C1(c2ccc(Br)cc2)CC1. The van der Waals surface area contributed by atoms with Crippen molar-refractivity contribution in [2.75, 3.05) is 18.0 Å². The number of carbonyl (C=O) groups excluding carboxylic acids is 1. The third-order valence-electron chi connectivity index (χ3n) is 4.96. The van der Waals surface area contributed by atoms with Crippen molar-refractivity contribution in [2.45, 2.75) is 37.1 Å². The molecule has 1 saturated carbocycles. The third-order valence-corrected chi connectivity index (χ3v) is 5.48. The number of benzene rings is 1. The van der Waals surface area contributed by atoms with Crippen LogP contribution < -0.4 is 10.2 Å². The van der Waals surface area contributed by atoms with Crippen molar-refractivity contribution < 1.29 is 4.79 Å². The van der Waals surface area contributed by atoms with Crippen LogP contribution in [0.4, 0.5) is 5.95 Å². The summed E-state index contributed by atoms with van der Waals surface area (Å²) in [6, 6.07) is 8.21. The van der Waals surface area contributed by atoms with Gasteiger partial charge in [-0.3, -0.25) is 4.79 Å². The molecule has 1 saturated heterocycles. The second kappa shape index (κ2) is 6.16. The lowest BCUT2D eigenvalue weighted by molar-refractivity contribution is -0.124. The highest BCUT2D eigenvalue weighted by atomic mass is 79.9. The molecule has 1 aromatic heterocycles. The molecular weight excluding hydrogens is 372 g/mol. The maximum absolute atomic E-state index is 12.9. The van der Waals surface area contributed by atoms with Gasteiger partial charge in [-0.25, -0.2) is 0 Å². The number of carbonyl (C=O) groups is 1. The summed E-state index contributed by atoms with van der Waals surface area (Å²) < 4.78 is 1.03. The molecule has 1 atom stereocenters. The Morgan fingerprint density at radius 1 is 1.33 bits per heavy atom. The van der Waals surface area contributed by atoms with E-state index in [4.69, 9.17) is 0 Å². The van der Waals surface area contributed by atoms with E-state index >= 15 is 0 Å². The molecule has 0 bridgehead atoms. The molecule has 2 fully saturated rings. The lowest BCUT2D eigenvalue weighted by Crippen LogP contribution is -2.50. The maximum Gasteiger partial charge on any atom is 0.265 e. The van der Waals surface area contributed by atoms with Gasteiger partial charge in [-0.2, -0.15) is 5.21 Å². The lowest BCUT2D eigenvalue weighted by atomic mass is 9.94. The lowest BCUT2D eigenvalue weighted by Gasteiger charge is -2.33. The minimum Gasteiger partial charge on any atom is -0.351 e. The molecule has 1 aliphatic heterocycles. The van der Waals surface area contributed by atoms with Gasteiger partial charge < -0.3 is 10.2 Å². The standard InChI is InChI=1S/C16H19BrN6O/c17-12-5-3-11(4-6-12)16(7-8-16)14(24)18-13-2-1-9-23(10-13)15-19-21-22-20-15/h3-6,13H,1-2,7-10H2,(H,18,24)(H,19,20,21,22)/t13-/m1/s1. The summed E-state index contributed by atoms with van der Waals surface area (Å²) in [6.07, 6.45) is 3.82. The molecule has 0 radical (unpaired) electrons. The summed E-state index contributed by atoms with van der Waals surface area (Å²) in [5.41, 5.74) is 0.767. The number of rotatable bonds is 4. The molecule has 126 valence electrons. The first-order valence-electron chi connectivity index (χ1n) is 8.23. The number of amides is 1. The largest absolute Gasteiger partial charge is 0.351 e. The van der Waals surface area contributed by atoms with Crippen molar-refractivity contribution in [3.05, 3.63) is 34.3 Å². The topological polar surface area (TPSA) is 86.8 Å². The van der Waals surface area contributed by atoms with E-state index in [2.05, 4.69) is 46.8 Å². The molecule has 2 N–H and O–H groups in total. The Bertz CT molecular complexity index is 713. The minimum atomic E-state index is -0.338. The molecule has 2 aromatic rings. The van der Waals surface area contributed by atoms with Gasteiger partial charge in [0.15, 0.2) is 0 Å². The van der Waals surface area contributed by atoms with E-state index in [0.29, 0.717) is 5.95 Å². The molecule has 4 rings (SSSR count). The monoisotopic (exact) mass is 390 g/mol. The van der Waals surface area contributed by atoms with Crippen molar-refractivity contribution in [2.24, 2.45) is 0 Å². The van der Waals surface area contributed by atoms with E-state index in [1.54, 1.807) is 0 Å². The third kappa shape index (κ3) is 2.90. The fraction of sp³-hybridized carbons (Fsp3) is 0.500. The number of aromatic amines is 1. The van der Waals surface area contributed by atoms with Crippen LogP contribution in [0.25, 0.3) is 0 Å². The number of H-pyrrole nitrogens is 1. The Hall–Kier alpha value is -1.96. The molecular formula is C16H19BrN6O. The Balaban J connectivity index is 1.43. The zero-order valence-corrected chi connectivity index (χ0v) is 14.8. The molecule has 1 aliphatic carbocycles. The summed E-state index contributed by atoms with van der Waals surface area (Å²) in [7, 11) is 0. The van der Waals surface area contributed by atoms with Crippen molar-refractivity contribution in [1.29, 1.82) is 0 Å². The molecule has 2 aliphatic rings. The van der Waals surface area contributed by atoms with E-state index in [-0.39, 0.29) is 17.4 Å². The number of piperidine rings is 1. The van der Waals surface area contributed by atoms with E-state index in [1.807, 2.05) is 24.3 Å². The molecule has 1 aromatic carbocycles. The normalized spacial score (nSPS) is 22.2. The van der Waals surface area contributed by atoms with Crippen LogP contribution in [0.5, 0.6) is 0 Å². The summed E-state index contributed by atoms with van der Waals surface area (Å²) in [5, 5.41) is 17.4. The number of nitrogens with zero attached hydrogens (tertiary/aromatic N) is 4. The van der Waals surface area contributed by atoms with Crippen LogP contribution in [0.15, 0.2) is 28.7 Å². The summed E-state index contributed by atoms with van der Waals surface area (Å²) >= 11 is 3.45. The smallest absolute Gasteiger partial charge is 0.265 e. The average Bonchev–Trinajstić information content (AvgIpc) is 3.22. The van der Waals surface area contributed by atoms with Gasteiger partial charge >= 0.3 is 0 Å². The van der Waals surface area contributed by atoms with Crippen LogP contribution in [0.3, 0.4) is 0 Å². The van der Waals surface area contributed by atoms with Crippen LogP contribution in [-0.2, 0) is 10.2 Å².